The van der Waals surface area contributed by atoms with E-state index in [1.54, 1.807) is 11.3 Å². The molecule has 5 heteroatoms. The Hall–Kier alpha value is -1.76. The van der Waals surface area contributed by atoms with Gasteiger partial charge in [0.25, 0.3) is 16.4 Å². The van der Waals surface area contributed by atoms with E-state index in [0.29, 0.717) is 5.92 Å². The first-order valence-corrected chi connectivity index (χ1v) is 15.4. The van der Waals surface area contributed by atoms with Gasteiger partial charge in [0.15, 0.2) is 0 Å². The number of nitrogens with one attached hydrogen (secondary N) is 1. The van der Waals surface area contributed by atoms with Crippen LogP contribution in [-0.4, -0.2) is 8.07 Å². The number of hydrogen-bond donors (Lipinski definition) is 1. The van der Waals surface area contributed by atoms with Crippen LogP contribution in [0.25, 0.3) is 0 Å². The van der Waals surface area contributed by atoms with E-state index in [4.69, 9.17) is 11.2 Å². The highest BCUT2D eigenvalue weighted by Crippen LogP contribution is 2.27. The molecule has 1 atom stereocenters. The van der Waals surface area contributed by atoms with Gasteiger partial charge in [0.05, 0.1) is 17.8 Å². The highest BCUT2D eigenvalue weighted by molar-refractivity contribution is 8.20. The normalized spacial score (nSPS) is 12.6. The van der Waals surface area contributed by atoms with Gasteiger partial charge < -0.3 is 5.32 Å². The second-order valence-electron chi connectivity index (χ2n) is 7.56. The third-order valence-electron chi connectivity index (χ3n) is 4.31. The second kappa shape index (κ2) is 10.7. The summed E-state index contributed by atoms with van der Waals surface area (Å²) < 4.78 is 0. The molecule has 0 aliphatic heterocycles. The molecule has 0 aliphatic rings. The van der Waals surface area contributed by atoms with Gasteiger partial charge in [0.2, 0.25) is 0 Å². The van der Waals surface area contributed by atoms with Crippen molar-refractivity contribution in [3.05, 3.63) is 63.1 Å². The fourth-order valence-electron chi connectivity index (χ4n) is 2.63. The van der Waals surface area contributed by atoms with E-state index in [0.717, 1.165) is 32.2 Å². The predicted octanol–water partition coefficient (Wildman–Crippen LogP) is 6.24. The molecule has 1 nitrogen and oxygen atoms in total. The topological polar surface area (TPSA) is 12.0 Å². The van der Waals surface area contributed by atoms with Crippen LogP contribution in [0.3, 0.4) is 0 Å². The minimum atomic E-state index is -1.63. The quantitative estimate of drug-likeness (QED) is 0.335. The number of thiophene rings is 1. The first-order valence-electron chi connectivity index (χ1n) is 9.33. The standard InChI is InChI=1S/C23H26NS3Si/c1-6-18(2)22(15-14-20-12-13-21(27-20)16-17-26-25)23(28(3,4)5)24-19-10-8-7-9-11-19/h7-13,18,24H,6H2,1-5H3/q+1/b23-22-. The van der Waals surface area contributed by atoms with E-state index in [2.05, 4.69) is 86.1 Å². The SMILES string of the molecule is CCC(C)/C(C#Cc1ccc(C#C[S+]=S)s1)=C(/Nc1ccccc1)[Si](C)(C)C. The zero-order valence-corrected chi connectivity index (χ0v) is 20.5. The molecule has 0 radical (unpaired) electrons. The lowest BCUT2D eigenvalue weighted by atomic mass is 9.99. The Balaban J connectivity index is 2.49. The van der Waals surface area contributed by atoms with Crippen LogP contribution in [-0.2, 0) is 21.5 Å². The molecular weight excluding hydrogens is 415 g/mol. The van der Waals surface area contributed by atoms with E-state index >= 15 is 0 Å². The molecule has 0 amide bonds. The summed E-state index contributed by atoms with van der Waals surface area (Å²) in [4.78, 5) is 2.04. The summed E-state index contributed by atoms with van der Waals surface area (Å²) in [7, 11) is -0.509. The first-order chi connectivity index (χ1) is 13.3. The molecule has 0 bridgehead atoms. The van der Waals surface area contributed by atoms with Crippen molar-refractivity contribution in [3.8, 4) is 23.0 Å². The maximum absolute atomic E-state index is 4.81. The summed E-state index contributed by atoms with van der Waals surface area (Å²) in [5.74, 6) is 10.4. The molecule has 0 saturated heterocycles. The number of hydrogen-bond acceptors (Lipinski definition) is 3. The van der Waals surface area contributed by atoms with Gasteiger partial charge in [-0.2, -0.15) is 0 Å². The summed E-state index contributed by atoms with van der Waals surface area (Å²) in [6, 6.07) is 14.5. The molecule has 1 unspecified atom stereocenters. The summed E-state index contributed by atoms with van der Waals surface area (Å²) in [6.45, 7) is 11.6. The molecule has 28 heavy (non-hydrogen) atoms. The van der Waals surface area contributed by atoms with Crippen molar-refractivity contribution < 1.29 is 0 Å². The number of anilines is 1. The molecule has 2 aromatic rings. The van der Waals surface area contributed by atoms with Crippen LogP contribution in [0.15, 0.2) is 53.4 Å². The Morgan fingerprint density at radius 3 is 2.32 bits per heavy atom. The monoisotopic (exact) mass is 440 g/mol. The second-order valence-corrected chi connectivity index (χ2v) is 14.5. The fraction of sp³-hybridized carbons (Fsp3) is 0.304. The Morgan fingerprint density at radius 1 is 1.11 bits per heavy atom. The van der Waals surface area contributed by atoms with Crippen LogP contribution in [0.5, 0.6) is 0 Å². The summed E-state index contributed by atoms with van der Waals surface area (Å²) in [6.07, 6.45) is 1.06. The summed E-state index contributed by atoms with van der Waals surface area (Å²) >= 11 is 6.43. The Labute approximate surface area is 183 Å². The van der Waals surface area contributed by atoms with Crippen molar-refractivity contribution in [2.24, 2.45) is 5.92 Å². The highest BCUT2D eigenvalue weighted by atomic mass is 32.8. The van der Waals surface area contributed by atoms with Crippen molar-refractivity contribution in [1.29, 1.82) is 0 Å². The number of benzene rings is 1. The molecule has 1 aromatic carbocycles. The largest absolute Gasteiger partial charge is 0.378 e. The third-order valence-corrected chi connectivity index (χ3v) is 7.56. The molecule has 1 N–H and O–H groups in total. The van der Waals surface area contributed by atoms with Crippen LogP contribution in [0.4, 0.5) is 5.69 Å². The van der Waals surface area contributed by atoms with E-state index < -0.39 is 8.07 Å². The Bertz CT molecular complexity index is 960. The predicted molar refractivity (Wildman–Crippen MR) is 133 cm³/mol. The van der Waals surface area contributed by atoms with Crippen molar-refractivity contribution in [3.63, 3.8) is 0 Å². The van der Waals surface area contributed by atoms with Gasteiger partial charge >= 0.3 is 10.3 Å². The van der Waals surface area contributed by atoms with Crippen molar-refractivity contribution in [2.45, 2.75) is 39.9 Å². The lowest BCUT2D eigenvalue weighted by molar-refractivity contribution is 0.672. The van der Waals surface area contributed by atoms with E-state index in [-0.39, 0.29) is 0 Å². The van der Waals surface area contributed by atoms with Crippen LogP contribution < -0.4 is 5.32 Å². The molecule has 2 rings (SSSR count). The van der Waals surface area contributed by atoms with Gasteiger partial charge in [-0.3, -0.25) is 0 Å². The number of rotatable bonds is 5. The third kappa shape index (κ3) is 6.69. The van der Waals surface area contributed by atoms with Gasteiger partial charge in [-0.1, -0.05) is 63.5 Å². The van der Waals surface area contributed by atoms with Gasteiger partial charge in [-0.05, 0) is 36.6 Å². The zero-order chi connectivity index (χ0) is 20.6. The smallest absolute Gasteiger partial charge is 0.362 e. The molecule has 0 fully saturated rings. The molecule has 1 heterocycles. The van der Waals surface area contributed by atoms with Crippen LogP contribution in [0, 0.1) is 28.9 Å². The Kier molecular flexibility index (Phi) is 8.60. The minimum absolute atomic E-state index is 0.404. The zero-order valence-electron chi connectivity index (χ0n) is 17.1. The maximum atomic E-state index is 4.81. The highest BCUT2D eigenvalue weighted by Gasteiger charge is 2.25. The van der Waals surface area contributed by atoms with Gasteiger partial charge in [-0.15, -0.1) is 11.3 Å². The van der Waals surface area contributed by atoms with Gasteiger partial charge in [-0.25, -0.2) is 0 Å². The van der Waals surface area contributed by atoms with Crippen LogP contribution >= 0.6 is 11.3 Å². The average Bonchev–Trinajstić information content (AvgIpc) is 3.13. The number of para-hydroxylation sites is 1. The maximum Gasteiger partial charge on any atom is 0.378 e. The lowest BCUT2D eigenvalue weighted by Crippen LogP contribution is -2.31. The molecule has 0 saturated carbocycles. The molecule has 144 valence electrons. The first kappa shape index (κ1) is 22.5. The molecular formula is C23H26NS3Si+. The van der Waals surface area contributed by atoms with Crippen LogP contribution in [0.2, 0.25) is 19.6 Å². The lowest BCUT2D eigenvalue weighted by Gasteiger charge is -2.27. The average molecular weight is 441 g/mol. The number of allylic oxidation sites excluding steroid dienone is 1. The molecule has 0 spiro atoms. The van der Waals surface area contributed by atoms with E-state index in [1.165, 1.54) is 10.9 Å². The molecule has 1 aromatic heterocycles. The molecule has 0 aliphatic carbocycles. The fourth-order valence-corrected chi connectivity index (χ4v) is 5.32. The summed E-state index contributed by atoms with van der Waals surface area (Å²) in [5, 5.41) is 7.89. The van der Waals surface area contributed by atoms with Crippen molar-refractivity contribution in [1.82, 2.24) is 0 Å². The van der Waals surface area contributed by atoms with E-state index in [9.17, 15) is 0 Å². The van der Waals surface area contributed by atoms with Crippen molar-refractivity contribution in [2.75, 3.05) is 5.32 Å². The summed E-state index contributed by atoms with van der Waals surface area (Å²) in [5.41, 5.74) is 2.35. The van der Waals surface area contributed by atoms with Gasteiger partial charge in [0, 0.05) is 22.5 Å². The minimum Gasteiger partial charge on any atom is -0.362 e. The van der Waals surface area contributed by atoms with Crippen molar-refractivity contribution >= 4 is 46.6 Å². The van der Waals surface area contributed by atoms with Crippen LogP contribution in [0.1, 0.15) is 30.0 Å². The van der Waals surface area contributed by atoms with Gasteiger partial charge in [0.1, 0.15) is 0 Å². The van der Waals surface area contributed by atoms with E-state index in [1.807, 2.05) is 18.2 Å². The Morgan fingerprint density at radius 2 is 1.75 bits per heavy atom.